The minimum absolute atomic E-state index is 0.282. The standard InChI is InChI=1S/C10H19NOS/c12-8-10(3-4-10)7-11-9-1-5-13-6-2-9/h9,11-12H,1-8H2. The second-order valence-corrected chi connectivity index (χ2v) is 5.65. The van der Waals surface area contributed by atoms with Crippen LogP contribution in [0.3, 0.4) is 0 Å². The number of hydrogen-bond acceptors (Lipinski definition) is 3. The first kappa shape index (κ1) is 9.81. The molecule has 2 rings (SSSR count). The number of hydrogen-bond donors (Lipinski definition) is 2. The van der Waals surface area contributed by atoms with E-state index >= 15 is 0 Å². The third kappa shape index (κ3) is 2.61. The fourth-order valence-corrected chi connectivity index (χ4v) is 2.94. The topological polar surface area (TPSA) is 32.3 Å². The van der Waals surface area contributed by atoms with E-state index < -0.39 is 0 Å². The lowest BCUT2D eigenvalue weighted by Gasteiger charge is -2.24. The monoisotopic (exact) mass is 201 g/mol. The highest BCUT2D eigenvalue weighted by Crippen LogP contribution is 2.44. The number of nitrogens with one attached hydrogen (secondary N) is 1. The van der Waals surface area contributed by atoms with Crippen molar-refractivity contribution in [1.29, 1.82) is 0 Å². The maximum atomic E-state index is 9.14. The summed E-state index contributed by atoms with van der Waals surface area (Å²) in [7, 11) is 0. The molecule has 0 radical (unpaired) electrons. The van der Waals surface area contributed by atoms with E-state index in [-0.39, 0.29) is 5.41 Å². The zero-order valence-corrected chi connectivity index (χ0v) is 8.91. The van der Waals surface area contributed by atoms with Crippen LogP contribution in [-0.2, 0) is 0 Å². The molecule has 0 aromatic rings. The van der Waals surface area contributed by atoms with E-state index in [1.54, 1.807) is 0 Å². The molecule has 1 saturated heterocycles. The second kappa shape index (κ2) is 4.20. The summed E-state index contributed by atoms with van der Waals surface area (Å²) in [6, 6.07) is 0.727. The van der Waals surface area contributed by atoms with Gasteiger partial charge in [-0.05, 0) is 37.2 Å². The van der Waals surface area contributed by atoms with Gasteiger partial charge in [0.25, 0.3) is 0 Å². The smallest absolute Gasteiger partial charge is 0.0499 e. The average molecular weight is 201 g/mol. The Morgan fingerprint density at radius 1 is 1.31 bits per heavy atom. The molecule has 0 atom stereocenters. The van der Waals surface area contributed by atoms with Crippen LogP contribution in [0.4, 0.5) is 0 Å². The molecule has 0 aromatic heterocycles. The summed E-state index contributed by atoms with van der Waals surface area (Å²) < 4.78 is 0. The molecular formula is C10H19NOS. The first-order chi connectivity index (χ1) is 6.35. The van der Waals surface area contributed by atoms with E-state index in [0.29, 0.717) is 6.61 Å². The van der Waals surface area contributed by atoms with Gasteiger partial charge in [-0.25, -0.2) is 0 Å². The highest BCUT2D eigenvalue weighted by Gasteiger charge is 2.41. The van der Waals surface area contributed by atoms with Crippen molar-refractivity contribution in [2.24, 2.45) is 5.41 Å². The van der Waals surface area contributed by atoms with Crippen LogP contribution in [0.15, 0.2) is 0 Å². The Morgan fingerprint density at radius 3 is 2.54 bits per heavy atom. The Labute approximate surface area is 84.5 Å². The van der Waals surface area contributed by atoms with Crippen LogP contribution in [0.25, 0.3) is 0 Å². The predicted molar refractivity (Wildman–Crippen MR) is 57.1 cm³/mol. The summed E-state index contributed by atoms with van der Waals surface area (Å²) in [5.41, 5.74) is 0.282. The predicted octanol–water partition coefficient (Wildman–Crippen LogP) is 1.24. The number of aliphatic hydroxyl groups is 1. The molecule has 2 nitrogen and oxygen atoms in total. The maximum absolute atomic E-state index is 9.14. The molecule has 0 amide bonds. The van der Waals surface area contributed by atoms with E-state index in [1.807, 2.05) is 0 Å². The van der Waals surface area contributed by atoms with Crippen LogP contribution < -0.4 is 5.32 Å². The van der Waals surface area contributed by atoms with E-state index in [9.17, 15) is 0 Å². The van der Waals surface area contributed by atoms with Gasteiger partial charge >= 0.3 is 0 Å². The Morgan fingerprint density at radius 2 is 2.00 bits per heavy atom. The molecule has 0 unspecified atom stereocenters. The van der Waals surface area contributed by atoms with Crippen molar-refractivity contribution in [3.63, 3.8) is 0 Å². The number of rotatable bonds is 4. The van der Waals surface area contributed by atoms with Gasteiger partial charge in [0.2, 0.25) is 0 Å². The molecule has 0 aromatic carbocycles. The first-order valence-electron chi connectivity index (χ1n) is 5.27. The number of thioether (sulfide) groups is 1. The minimum Gasteiger partial charge on any atom is -0.396 e. The van der Waals surface area contributed by atoms with E-state index in [4.69, 9.17) is 5.11 Å². The molecular weight excluding hydrogens is 182 g/mol. The fourth-order valence-electron chi connectivity index (χ4n) is 1.83. The van der Waals surface area contributed by atoms with Crippen LogP contribution in [0, 0.1) is 5.41 Å². The highest BCUT2D eigenvalue weighted by atomic mass is 32.2. The highest BCUT2D eigenvalue weighted by molar-refractivity contribution is 7.99. The Hall–Kier alpha value is 0.270. The van der Waals surface area contributed by atoms with Crippen molar-refractivity contribution < 1.29 is 5.11 Å². The van der Waals surface area contributed by atoms with Crippen molar-refractivity contribution in [1.82, 2.24) is 5.32 Å². The molecule has 76 valence electrons. The molecule has 0 bridgehead atoms. The molecule has 13 heavy (non-hydrogen) atoms. The Bertz CT molecular complexity index is 164. The third-order valence-electron chi connectivity index (χ3n) is 3.28. The van der Waals surface area contributed by atoms with Crippen molar-refractivity contribution in [2.75, 3.05) is 24.7 Å². The number of aliphatic hydroxyl groups excluding tert-OH is 1. The van der Waals surface area contributed by atoms with Gasteiger partial charge in [-0.2, -0.15) is 11.8 Å². The van der Waals surface area contributed by atoms with Gasteiger partial charge in [0.15, 0.2) is 0 Å². The van der Waals surface area contributed by atoms with Gasteiger partial charge in [0.1, 0.15) is 0 Å². The van der Waals surface area contributed by atoms with Crippen molar-refractivity contribution >= 4 is 11.8 Å². The van der Waals surface area contributed by atoms with Crippen LogP contribution in [0.1, 0.15) is 25.7 Å². The fraction of sp³-hybridized carbons (Fsp3) is 1.00. The average Bonchev–Trinajstić information content (AvgIpc) is 2.97. The summed E-state index contributed by atoms with van der Waals surface area (Å²) in [5, 5.41) is 12.7. The van der Waals surface area contributed by atoms with Crippen molar-refractivity contribution in [2.45, 2.75) is 31.7 Å². The summed E-state index contributed by atoms with van der Waals surface area (Å²) >= 11 is 2.06. The van der Waals surface area contributed by atoms with E-state index in [2.05, 4.69) is 17.1 Å². The van der Waals surface area contributed by atoms with Gasteiger partial charge in [0.05, 0.1) is 0 Å². The molecule has 2 aliphatic rings. The third-order valence-corrected chi connectivity index (χ3v) is 4.33. The van der Waals surface area contributed by atoms with Crippen molar-refractivity contribution in [3.05, 3.63) is 0 Å². The van der Waals surface area contributed by atoms with Crippen LogP contribution in [0.5, 0.6) is 0 Å². The van der Waals surface area contributed by atoms with Gasteiger partial charge in [-0.15, -0.1) is 0 Å². The zero-order chi connectivity index (χ0) is 9.15. The lowest BCUT2D eigenvalue weighted by Crippen LogP contribution is -2.37. The van der Waals surface area contributed by atoms with Gasteiger partial charge in [-0.1, -0.05) is 0 Å². The van der Waals surface area contributed by atoms with E-state index in [1.165, 1.54) is 37.2 Å². The van der Waals surface area contributed by atoms with Gasteiger partial charge in [0, 0.05) is 24.6 Å². The van der Waals surface area contributed by atoms with Crippen LogP contribution in [-0.4, -0.2) is 35.8 Å². The molecule has 2 fully saturated rings. The summed E-state index contributed by atoms with van der Waals surface area (Å²) in [6.07, 6.45) is 5.06. The molecule has 2 N–H and O–H groups in total. The SMILES string of the molecule is OCC1(CNC2CCSCC2)CC1. The lowest BCUT2D eigenvalue weighted by atomic mass is 10.1. The summed E-state index contributed by atoms with van der Waals surface area (Å²) in [6.45, 7) is 1.42. The second-order valence-electron chi connectivity index (χ2n) is 4.43. The Kier molecular flexibility index (Phi) is 3.17. The quantitative estimate of drug-likeness (QED) is 0.718. The first-order valence-corrected chi connectivity index (χ1v) is 6.42. The maximum Gasteiger partial charge on any atom is 0.0499 e. The summed E-state index contributed by atoms with van der Waals surface area (Å²) in [4.78, 5) is 0. The van der Waals surface area contributed by atoms with Crippen LogP contribution in [0.2, 0.25) is 0 Å². The largest absolute Gasteiger partial charge is 0.396 e. The summed E-state index contributed by atoms with van der Waals surface area (Å²) in [5.74, 6) is 2.62. The van der Waals surface area contributed by atoms with Crippen molar-refractivity contribution in [3.8, 4) is 0 Å². The molecule has 3 heteroatoms. The Balaban J connectivity index is 1.66. The molecule has 1 heterocycles. The van der Waals surface area contributed by atoms with E-state index in [0.717, 1.165) is 12.6 Å². The van der Waals surface area contributed by atoms with Gasteiger partial charge < -0.3 is 10.4 Å². The molecule has 1 saturated carbocycles. The lowest BCUT2D eigenvalue weighted by molar-refractivity contribution is 0.203. The van der Waals surface area contributed by atoms with Gasteiger partial charge in [-0.3, -0.25) is 0 Å². The minimum atomic E-state index is 0.282. The van der Waals surface area contributed by atoms with Crippen LogP contribution >= 0.6 is 11.8 Å². The molecule has 0 spiro atoms. The normalized spacial score (nSPS) is 27.5. The zero-order valence-electron chi connectivity index (χ0n) is 8.09. The molecule has 1 aliphatic carbocycles. The molecule has 1 aliphatic heterocycles.